The van der Waals surface area contributed by atoms with Crippen LogP contribution in [0.25, 0.3) is 11.0 Å². The van der Waals surface area contributed by atoms with Crippen LogP contribution in [0.1, 0.15) is 48.8 Å². The molecule has 0 radical (unpaired) electrons. The monoisotopic (exact) mass is 330 g/mol. The Morgan fingerprint density at radius 3 is 2.75 bits per heavy atom. The molecule has 0 aromatic carbocycles. The van der Waals surface area contributed by atoms with E-state index in [9.17, 15) is 14.7 Å². The summed E-state index contributed by atoms with van der Waals surface area (Å²) in [5.41, 5.74) is 1.60. The second-order valence-corrected chi connectivity index (χ2v) is 5.95. The van der Waals surface area contributed by atoms with Crippen LogP contribution in [0.5, 0.6) is 0 Å². The van der Waals surface area contributed by atoms with Crippen LogP contribution < -0.4 is 5.32 Å². The molecule has 0 aliphatic carbocycles. The van der Waals surface area contributed by atoms with E-state index in [-0.39, 0.29) is 6.04 Å². The predicted octanol–water partition coefficient (Wildman–Crippen LogP) is 2.47. The highest BCUT2D eigenvalue weighted by Crippen LogP contribution is 2.19. The van der Waals surface area contributed by atoms with E-state index in [1.165, 1.54) is 0 Å². The molecule has 2 aromatic heterocycles. The van der Waals surface area contributed by atoms with Crippen LogP contribution in [-0.4, -0.2) is 37.8 Å². The van der Waals surface area contributed by atoms with Crippen LogP contribution >= 0.6 is 0 Å². The van der Waals surface area contributed by atoms with Gasteiger partial charge in [-0.15, -0.1) is 6.58 Å². The van der Waals surface area contributed by atoms with Gasteiger partial charge in [-0.3, -0.25) is 4.79 Å². The van der Waals surface area contributed by atoms with Gasteiger partial charge in [0.2, 0.25) is 0 Å². The summed E-state index contributed by atoms with van der Waals surface area (Å²) in [6.45, 7) is 9.30. The number of nitrogens with zero attached hydrogens (tertiary/aromatic N) is 3. The number of nitrogens with one attached hydrogen (secondary N) is 1. The van der Waals surface area contributed by atoms with Crippen molar-refractivity contribution in [3.63, 3.8) is 0 Å². The number of hydrogen-bond donors (Lipinski definition) is 2. The van der Waals surface area contributed by atoms with E-state index in [2.05, 4.69) is 22.0 Å². The van der Waals surface area contributed by atoms with Gasteiger partial charge in [-0.1, -0.05) is 6.08 Å². The second kappa shape index (κ2) is 7.25. The van der Waals surface area contributed by atoms with Gasteiger partial charge in [0.25, 0.3) is 5.91 Å². The average molecular weight is 330 g/mol. The van der Waals surface area contributed by atoms with Crippen LogP contribution in [0.15, 0.2) is 24.9 Å². The van der Waals surface area contributed by atoms with Crippen molar-refractivity contribution in [1.29, 1.82) is 0 Å². The van der Waals surface area contributed by atoms with E-state index in [0.717, 1.165) is 5.39 Å². The zero-order valence-corrected chi connectivity index (χ0v) is 14.1. The largest absolute Gasteiger partial charge is 0.480 e. The van der Waals surface area contributed by atoms with E-state index >= 15 is 0 Å². The van der Waals surface area contributed by atoms with Crippen molar-refractivity contribution >= 4 is 22.9 Å². The van der Waals surface area contributed by atoms with E-state index in [1.54, 1.807) is 29.9 Å². The molecule has 128 valence electrons. The molecule has 0 aliphatic rings. The number of rotatable bonds is 7. The Hall–Kier alpha value is -2.70. The molecule has 2 N–H and O–H groups in total. The van der Waals surface area contributed by atoms with Crippen LogP contribution in [0.2, 0.25) is 0 Å². The Labute approximate surface area is 140 Å². The topological polar surface area (TPSA) is 97.1 Å². The third kappa shape index (κ3) is 3.61. The smallest absolute Gasteiger partial charge is 0.326 e. The summed E-state index contributed by atoms with van der Waals surface area (Å²) in [6.07, 6.45) is 4.09. The molecule has 0 bridgehead atoms. The number of aryl methyl sites for hydroxylation is 1. The molecule has 2 rings (SSSR count). The molecule has 1 unspecified atom stereocenters. The Morgan fingerprint density at radius 1 is 1.46 bits per heavy atom. The number of carbonyl (C=O) groups is 2. The van der Waals surface area contributed by atoms with Gasteiger partial charge in [0.05, 0.1) is 17.5 Å². The predicted molar refractivity (Wildman–Crippen MR) is 91.0 cm³/mol. The lowest BCUT2D eigenvalue weighted by Gasteiger charge is -2.15. The fraction of sp³-hybridized carbons (Fsp3) is 0.412. The number of amides is 1. The Morgan fingerprint density at radius 2 is 2.17 bits per heavy atom. The number of aliphatic carboxylic acids is 1. The summed E-state index contributed by atoms with van der Waals surface area (Å²) in [7, 11) is 0. The summed E-state index contributed by atoms with van der Waals surface area (Å²) in [5.74, 6) is -1.51. The van der Waals surface area contributed by atoms with Gasteiger partial charge in [0.15, 0.2) is 5.65 Å². The summed E-state index contributed by atoms with van der Waals surface area (Å²) >= 11 is 0. The maximum atomic E-state index is 12.5. The van der Waals surface area contributed by atoms with Gasteiger partial charge in [0, 0.05) is 11.4 Å². The highest BCUT2D eigenvalue weighted by atomic mass is 16.4. The molecule has 0 fully saturated rings. The zero-order chi connectivity index (χ0) is 17.9. The van der Waals surface area contributed by atoms with Gasteiger partial charge >= 0.3 is 5.97 Å². The number of aromatic nitrogens is 3. The van der Waals surface area contributed by atoms with Gasteiger partial charge in [-0.25, -0.2) is 14.5 Å². The first-order valence-corrected chi connectivity index (χ1v) is 7.84. The van der Waals surface area contributed by atoms with Crippen molar-refractivity contribution in [2.24, 2.45) is 0 Å². The first-order chi connectivity index (χ1) is 11.3. The fourth-order valence-electron chi connectivity index (χ4n) is 2.45. The minimum absolute atomic E-state index is 0.157. The maximum Gasteiger partial charge on any atom is 0.326 e. The molecule has 0 saturated carbocycles. The maximum absolute atomic E-state index is 12.5. The van der Waals surface area contributed by atoms with Gasteiger partial charge in [-0.05, 0) is 39.7 Å². The minimum atomic E-state index is -1.07. The molecular formula is C17H22N4O3. The normalized spacial score (nSPS) is 12.3. The number of pyridine rings is 1. The molecular weight excluding hydrogens is 308 g/mol. The standard InChI is InChI=1S/C17H22N4O3/c1-5-6-7-14(17(23)24)20-16(22)13-8-12-9-18-21(10(2)3)15(12)19-11(13)4/h5,8-10,14H,1,6-7H2,2-4H3,(H,20,22)(H,23,24). The quantitative estimate of drug-likeness (QED) is 0.760. The summed E-state index contributed by atoms with van der Waals surface area (Å²) in [4.78, 5) is 28.2. The fourth-order valence-corrected chi connectivity index (χ4v) is 2.45. The lowest BCUT2D eigenvalue weighted by Crippen LogP contribution is -2.41. The molecule has 24 heavy (non-hydrogen) atoms. The lowest BCUT2D eigenvalue weighted by atomic mass is 10.1. The van der Waals surface area contributed by atoms with Crippen molar-refractivity contribution in [3.8, 4) is 0 Å². The van der Waals surface area contributed by atoms with Crippen LogP contribution in [0.3, 0.4) is 0 Å². The van der Waals surface area contributed by atoms with Gasteiger partial charge < -0.3 is 10.4 Å². The van der Waals surface area contributed by atoms with Crippen molar-refractivity contribution in [3.05, 3.63) is 36.2 Å². The number of hydrogen-bond acceptors (Lipinski definition) is 4. The molecule has 0 spiro atoms. The second-order valence-electron chi connectivity index (χ2n) is 5.95. The summed E-state index contributed by atoms with van der Waals surface area (Å²) < 4.78 is 1.79. The third-order valence-electron chi connectivity index (χ3n) is 3.76. The van der Waals surface area contributed by atoms with E-state index in [4.69, 9.17) is 0 Å². The molecule has 0 aliphatic heterocycles. The van der Waals surface area contributed by atoms with Crippen molar-refractivity contribution in [2.75, 3.05) is 0 Å². The third-order valence-corrected chi connectivity index (χ3v) is 3.76. The van der Waals surface area contributed by atoms with E-state index in [1.807, 2.05) is 13.8 Å². The van der Waals surface area contributed by atoms with E-state index < -0.39 is 17.9 Å². The highest BCUT2D eigenvalue weighted by Gasteiger charge is 2.22. The summed E-state index contributed by atoms with van der Waals surface area (Å²) in [6, 6.07) is 0.902. The number of allylic oxidation sites excluding steroid dienone is 1. The Bertz CT molecular complexity index is 779. The Kier molecular flexibility index (Phi) is 5.33. The van der Waals surface area contributed by atoms with Gasteiger partial charge in [-0.2, -0.15) is 5.10 Å². The molecule has 2 aromatic rings. The van der Waals surface area contributed by atoms with Crippen LogP contribution in [-0.2, 0) is 4.79 Å². The number of fused-ring (bicyclic) bond motifs is 1. The van der Waals surface area contributed by atoms with Crippen molar-refractivity contribution in [2.45, 2.75) is 45.7 Å². The first-order valence-electron chi connectivity index (χ1n) is 7.84. The summed E-state index contributed by atoms with van der Waals surface area (Å²) in [5, 5.41) is 16.8. The van der Waals surface area contributed by atoms with Crippen molar-refractivity contribution < 1.29 is 14.7 Å². The number of carboxylic acid groups (broad SMARTS) is 1. The Balaban J connectivity index is 2.30. The minimum Gasteiger partial charge on any atom is -0.480 e. The molecule has 1 amide bonds. The number of carbonyl (C=O) groups excluding carboxylic acids is 1. The van der Waals surface area contributed by atoms with Gasteiger partial charge in [0.1, 0.15) is 6.04 Å². The molecule has 7 nitrogen and oxygen atoms in total. The molecule has 2 heterocycles. The molecule has 1 atom stereocenters. The molecule has 7 heteroatoms. The number of carboxylic acids is 1. The lowest BCUT2D eigenvalue weighted by molar-refractivity contribution is -0.139. The SMILES string of the molecule is C=CCCC(NC(=O)c1cc2cnn(C(C)C)c2nc1C)C(=O)O. The van der Waals surface area contributed by atoms with E-state index in [0.29, 0.717) is 29.7 Å². The zero-order valence-electron chi connectivity index (χ0n) is 14.1. The first kappa shape index (κ1) is 17.7. The molecule has 0 saturated heterocycles. The average Bonchev–Trinajstić information content (AvgIpc) is 2.92. The highest BCUT2D eigenvalue weighted by molar-refractivity contribution is 5.99. The van der Waals surface area contributed by atoms with Crippen LogP contribution in [0.4, 0.5) is 0 Å². The van der Waals surface area contributed by atoms with Crippen LogP contribution in [0, 0.1) is 6.92 Å². The van der Waals surface area contributed by atoms with Crippen molar-refractivity contribution in [1.82, 2.24) is 20.1 Å².